The summed E-state index contributed by atoms with van der Waals surface area (Å²) in [5, 5.41) is 0. The summed E-state index contributed by atoms with van der Waals surface area (Å²) in [5.74, 6) is -0.698. The Bertz CT molecular complexity index is 598. The van der Waals surface area contributed by atoms with E-state index in [0.29, 0.717) is 6.42 Å². The third-order valence-corrected chi connectivity index (χ3v) is 4.21. The van der Waals surface area contributed by atoms with Crippen molar-refractivity contribution in [2.75, 3.05) is 0 Å². The van der Waals surface area contributed by atoms with Gasteiger partial charge in [0.2, 0.25) is 0 Å². The maximum atomic E-state index is 14.4. The summed E-state index contributed by atoms with van der Waals surface area (Å²) in [6.07, 6.45) is -2.67. The van der Waals surface area contributed by atoms with Crippen LogP contribution >= 0.6 is 0 Å². The predicted molar refractivity (Wildman–Crippen MR) is 69.1 cm³/mol. The molecule has 1 fully saturated rings. The minimum atomic E-state index is -1.53. The van der Waals surface area contributed by atoms with Crippen molar-refractivity contribution in [3.05, 3.63) is 33.1 Å². The summed E-state index contributed by atoms with van der Waals surface area (Å²) in [6.45, 7) is 4.61. The first-order valence-electron chi connectivity index (χ1n) is 6.61. The minimum Gasteiger partial charge on any atom is -0.345 e. The van der Waals surface area contributed by atoms with Crippen molar-refractivity contribution >= 4 is 0 Å². The summed E-state index contributed by atoms with van der Waals surface area (Å²) in [7, 11) is 0. The zero-order valence-corrected chi connectivity index (χ0v) is 11.6. The number of aromatic amines is 1. The molecule has 1 saturated heterocycles. The standard InChI is InChI=1S/C13H18F2N2O3/c1-4-13(8(3)14)7(2)10(15)11(20-13)17-6-5-9(18)16-12(17)19/h5-8,10-11H,4H2,1-3H3,(H,16,18,19)/t7-,8?,10+,11+,13+/m0/s1. The van der Waals surface area contributed by atoms with Gasteiger partial charge in [0.25, 0.3) is 5.56 Å². The number of hydrogen-bond acceptors (Lipinski definition) is 3. The number of ether oxygens (including phenoxy) is 1. The Labute approximate surface area is 114 Å². The number of halogens is 2. The molecule has 0 aromatic carbocycles. The fourth-order valence-electron chi connectivity index (χ4n) is 2.89. The van der Waals surface area contributed by atoms with Crippen LogP contribution in [0.1, 0.15) is 33.4 Å². The molecule has 5 nitrogen and oxygen atoms in total. The van der Waals surface area contributed by atoms with Gasteiger partial charge in [0, 0.05) is 18.2 Å². The average Bonchev–Trinajstić information content (AvgIpc) is 2.64. The molecule has 0 radical (unpaired) electrons. The summed E-state index contributed by atoms with van der Waals surface area (Å²) >= 11 is 0. The van der Waals surface area contributed by atoms with E-state index < -0.39 is 41.3 Å². The molecule has 2 rings (SSSR count). The predicted octanol–water partition coefficient (Wildman–Crippen LogP) is 1.55. The van der Waals surface area contributed by atoms with Crippen molar-refractivity contribution in [1.29, 1.82) is 0 Å². The number of H-pyrrole nitrogens is 1. The zero-order chi connectivity index (χ0) is 15.1. The molecule has 0 saturated carbocycles. The van der Waals surface area contributed by atoms with Crippen LogP contribution in [-0.4, -0.2) is 27.5 Å². The van der Waals surface area contributed by atoms with Gasteiger partial charge >= 0.3 is 5.69 Å². The van der Waals surface area contributed by atoms with E-state index in [-0.39, 0.29) is 0 Å². The topological polar surface area (TPSA) is 64.1 Å². The number of rotatable bonds is 3. The Morgan fingerprint density at radius 1 is 1.55 bits per heavy atom. The maximum absolute atomic E-state index is 14.4. The smallest absolute Gasteiger partial charge is 0.330 e. The average molecular weight is 288 g/mol. The number of nitrogens with zero attached hydrogens (tertiary/aromatic N) is 1. The molecule has 7 heteroatoms. The molecule has 1 N–H and O–H groups in total. The lowest BCUT2D eigenvalue weighted by Crippen LogP contribution is -2.43. The van der Waals surface area contributed by atoms with Gasteiger partial charge in [-0.05, 0) is 13.3 Å². The summed E-state index contributed by atoms with van der Waals surface area (Å²) in [6, 6.07) is 1.10. The molecule has 1 aromatic heterocycles. The lowest BCUT2D eigenvalue weighted by molar-refractivity contribution is -0.126. The molecule has 20 heavy (non-hydrogen) atoms. The van der Waals surface area contributed by atoms with Crippen LogP contribution in [0, 0.1) is 5.92 Å². The molecule has 1 unspecified atom stereocenters. The Morgan fingerprint density at radius 2 is 2.20 bits per heavy atom. The molecular weight excluding hydrogens is 270 g/mol. The number of aromatic nitrogens is 2. The van der Waals surface area contributed by atoms with Crippen molar-refractivity contribution in [3.63, 3.8) is 0 Å². The molecule has 1 aliphatic rings. The van der Waals surface area contributed by atoms with Crippen LogP contribution in [0.3, 0.4) is 0 Å². The van der Waals surface area contributed by atoms with Gasteiger partial charge in [-0.15, -0.1) is 0 Å². The van der Waals surface area contributed by atoms with E-state index in [1.165, 1.54) is 13.1 Å². The largest absolute Gasteiger partial charge is 0.345 e. The van der Waals surface area contributed by atoms with E-state index in [4.69, 9.17) is 4.74 Å². The molecule has 5 atom stereocenters. The molecule has 0 bridgehead atoms. The highest BCUT2D eigenvalue weighted by molar-refractivity contribution is 5.02. The first-order chi connectivity index (χ1) is 9.33. The van der Waals surface area contributed by atoms with Crippen LogP contribution < -0.4 is 11.2 Å². The van der Waals surface area contributed by atoms with Gasteiger partial charge in [-0.2, -0.15) is 0 Å². The first kappa shape index (κ1) is 14.9. The first-order valence-corrected chi connectivity index (χ1v) is 6.61. The van der Waals surface area contributed by atoms with Crippen molar-refractivity contribution in [2.45, 2.75) is 51.4 Å². The van der Waals surface area contributed by atoms with Gasteiger partial charge < -0.3 is 4.74 Å². The highest BCUT2D eigenvalue weighted by Crippen LogP contribution is 2.47. The van der Waals surface area contributed by atoms with Crippen LogP contribution in [0.25, 0.3) is 0 Å². The van der Waals surface area contributed by atoms with Crippen LogP contribution in [0.5, 0.6) is 0 Å². The van der Waals surface area contributed by atoms with Gasteiger partial charge in [-0.3, -0.25) is 14.3 Å². The normalized spacial score (nSPS) is 35.1. The molecule has 112 valence electrons. The van der Waals surface area contributed by atoms with Crippen LogP contribution in [0.4, 0.5) is 8.78 Å². The molecule has 0 amide bonds. The van der Waals surface area contributed by atoms with E-state index in [1.807, 2.05) is 4.98 Å². The molecular formula is C13H18F2N2O3. The summed E-state index contributed by atoms with van der Waals surface area (Å²) < 4.78 is 34.9. The summed E-state index contributed by atoms with van der Waals surface area (Å²) in [4.78, 5) is 24.8. The third kappa shape index (κ3) is 2.09. The molecule has 1 aliphatic heterocycles. The van der Waals surface area contributed by atoms with Crippen molar-refractivity contribution in [3.8, 4) is 0 Å². The monoisotopic (exact) mass is 288 g/mol. The second-order valence-electron chi connectivity index (χ2n) is 5.18. The summed E-state index contributed by atoms with van der Waals surface area (Å²) in [5.41, 5.74) is -2.61. The molecule has 2 heterocycles. The van der Waals surface area contributed by atoms with E-state index in [9.17, 15) is 18.4 Å². The Morgan fingerprint density at radius 3 is 2.65 bits per heavy atom. The quantitative estimate of drug-likeness (QED) is 0.917. The van der Waals surface area contributed by atoms with Gasteiger partial charge in [0.05, 0.1) is 0 Å². The Kier molecular flexibility index (Phi) is 3.82. The number of alkyl halides is 2. The van der Waals surface area contributed by atoms with Crippen LogP contribution in [0.15, 0.2) is 21.9 Å². The van der Waals surface area contributed by atoms with Crippen molar-refractivity contribution in [2.24, 2.45) is 5.92 Å². The highest BCUT2D eigenvalue weighted by Gasteiger charge is 2.56. The van der Waals surface area contributed by atoms with Gasteiger partial charge in [-0.1, -0.05) is 13.8 Å². The maximum Gasteiger partial charge on any atom is 0.330 e. The number of nitrogens with one attached hydrogen (secondary N) is 1. The van der Waals surface area contributed by atoms with E-state index in [1.54, 1.807) is 13.8 Å². The van der Waals surface area contributed by atoms with Gasteiger partial charge in [0.15, 0.2) is 12.4 Å². The van der Waals surface area contributed by atoms with E-state index in [2.05, 4.69) is 0 Å². The Balaban J connectivity index is 2.45. The fraction of sp³-hybridized carbons (Fsp3) is 0.692. The third-order valence-electron chi connectivity index (χ3n) is 4.21. The van der Waals surface area contributed by atoms with E-state index in [0.717, 1.165) is 10.6 Å². The van der Waals surface area contributed by atoms with Crippen LogP contribution in [-0.2, 0) is 4.74 Å². The second kappa shape index (κ2) is 5.12. The highest BCUT2D eigenvalue weighted by atomic mass is 19.1. The van der Waals surface area contributed by atoms with E-state index >= 15 is 0 Å². The van der Waals surface area contributed by atoms with Crippen LogP contribution in [0.2, 0.25) is 0 Å². The lowest BCUT2D eigenvalue weighted by atomic mass is 9.82. The minimum absolute atomic E-state index is 0.293. The molecule has 1 aromatic rings. The molecule has 0 aliphatic carbocycles. The Hall–Kier alpha value is -1.50. The SMILES string of the molecule is CC[C@@]1(C(C)F)O[C@@H](n2ccc(=O)[nH]c2=O)[C@H](F)[C@@H]1C. The van der Waals surface area contributed by atoms with Crippen molar-refractivity contribution < 1.29 is 13.5 Å². The second-order valence-corrected chi connectivity index (χ2v) is 5.18. The van der Waals surface area contributed by atoms with Crippen molar-refractivity contribution in [1.82, 2.24) is 9.55 Å². The van der Waals surface area contributed by atoms with Gasteiger partial charge in [-0.25, -0.2) is 13.6 Å². The lowest BCUT2D eigenvalue weighted by Gasteiger charge is -2.33. The molecule has 0 spiro atoms. The zero-order valence-electron chi connectivity index (χ0n) is 11.6. The fourth-order valence-corrected chi connectivity index (χ4v) is 2.89. The number of hydrogen-bond donors (Lipinski definition) is 1. The van der Waals surface area contributed by atoms with Gasteiger partial charge in [0.1, 0.15) is 11.8 Å².